The number of furan rings is 1. The Morgan fingerprint density at radius 3 is 2.16 bits per heavy atom. The second-order valence-corrected chi connectivity index (χ2v) is 18.1. The molecule has 6 aromatic rings. The van der Waals surface area contributed by atoms with Crippen LogP contribution in [0, 0.1) is 29.7 Å². The molecule has 0 aliphatic heterocycles. The first-order chi connectivity index (χ1) is 25.5. The fraction of sp³-hybridized carbons (Fsp3) is 0.429. The zero-order valence-corrected chi connectivity index (χ0v) is 38.2. The van der Waals surface area contributed by atoms with Crippen molar-refractivity contribution in [2.24, 2.45) is 16.7 Å². The number of aryl methyl sites for hydroxylation is 1. The Labute approximate surface area is 347 Å². The smallest absolute Gasteiger partial charge is 0.164 e. The maximum atomic E-state index is 12.2. The third-order valence-electron chi connectivity index (χ3n) is 11.7. The first kappa shape index (κ1) is 44.1. The molecule has 0 bridgehead atoms. The van der Waals surface area contributed by atoms with Gasteiger partial charge in [0.1, 0.15) is 17.1 Å². The summed E-state index contributed by atoms with van der Waals surface area (Å²) in [5.41, 5.74) is 5.89. The number of hydrogen-bond acceptors (Lipinski definition) is 5. The van der Waals surface area contributed by atoms with E-state index in [0.717, 1.165) is 75.9 Å². The molecule has 6 rings (SSSR count). The number of hydrogen-bond donors (Lipinski definition) is 1. The summed E-state index contributed by atoms with van der Waals surface area (Å²) < 4.78 is 7.95. The van der Waals surface area contributed by atoms with Gasteiger partial charge in [-0.1, -0.05) is 117 Å². The Balaban J connectivity index is 0.000000320. The van der Waals surface area contributed by atoms with E-state index in [1.165, 1.54) is 32.7 Å². The minimum absolute atomic E-state index is 0. The van der Waals surface area contributed by atoms with Gasteiger partial charge < -0.3 is 9.52 Å². The van der Waals surface area contributed by atoms with Crippen LogP contribution in [0.3, 0.4) is 0 Å². The number of nitrogens with zero attached hydrogens (tertiary/aromatic N) is 1. The Bertz CT molecular complexity index is 2290. The number of fused-ring (bicyclic) bond motifs is 3. The molecule has 1 N–H and O–H groups in total. The van der Waals surface area contributed by atoms with Crippen molar-refractivity contribution in [1.82, 2.24) is 4.98 Å². The van der Waals surface area contributed by atoms with Gasteiger partial charge in [-0.2, -0.15) is 0 Å². The number of aromatic nitrogens is 1. The number of pyridine rings is 1. The summed E-state index contributed by atoms with van der Waals surface area (Å²) in [7, 11) is 0. The van der Waals surface area contributed by atoms with E-state index in [1.54, 1.807) is 11.3 Å². The average Bonchev–Trinajstić information content (AvgIpc) is 3.73. The van der Waals surface area contributed by atoms with Gasteiger partial charge >= 0.3 is 0 Å². The molecule has 3 heterocycles. The van der Waals surface area contributed by atoms with Crippen LogP contribution in [0.15, 0.2) is 83.1 Å². The second kappa shape index (κ2) is 17.7. The van der Waals surface area contributed by atoms with Crippen LogP contribution in [-0.4, -0.2) is 15.9 Å². The van der Waals surface area contributed by atoms with Crippen molar-refractivity contribution in [2.45, 2.75) is 121 Å². The van der Waals surface area contributed by atoms with Crippen molar-refractivity contribution < 1.29 is 34.4 Å². The molecule has 55 heavy (non-hydrogen) atoms. The number of thiophene rings is 1. The quantitative estimate of drug-likeness (QED) is 0.0799. The molecule has 0 fully saturated rings. The average molecular weight is 935 g/mol. The zero-order valence-electron chi connectivity index (χ0n) is 35.0. The summed E-state index contributed by atoms with van der Waals surface area (Å²) >= 11 is 1.79. The maximum Gasteiger partial charge on any atom is 0.164 e. The molecule has 3 aromatic carbocycles. The largest absolute Gasteiger partial charge is 0.512 e. The summed E-state index contributed by atoms with van der Waals surface area (Å²) in [5.74, 6) is 1.87. The molecule has 4 nitrogen and oxygen atoms in total. The normalized spacial score (nSPS) is 12.6. The zero-order chi connectivity index (χ0) is 39.6. The van der Waals surface area contributed by atoms with Crippen molar-refractivity contribution in [3.05, 3.63) is 101 Å². The Hall–Kier alpha value is -3.57. The monoisotopic (exact) mass is 935 g/mol. The van der Waals surface area contributed by atoms with Crippen LogP contribution in [0.2, 0.25) is 0 Å². The van der Waals surface area contributed by atoms with E-state index in [1.807, 2.05) is 47.7 Å². The fourth-order valence-corrected chi connectivity index (χ4v) is 8.12. The third kappa shape index (κ3) is 9.36. The van der Waals surface area contributed by atoms with E-state index in [9.17, 15) is 9.90 Å². The summed E-state index contributed by atoms with van der Waals surface area (Å²) in [4.78, 5) is 18.2. The van der Waals surface area contributed by atoms with Gasteiger partial charge in [-0.15, -0.1) is 40.5 Å². The molecule has 1 radical (unpaired) electrons. The predicted molar refractivity (Wildman–Crippen MR) is 232 cm³/mol. The number of benzene rings is 3. The minimum atomic E-state index is -0.337. The number of ketones is 1. The number of rotatable bonds is 11. The molecule has 0 amide bonds. The molecule has 3 aromatic heterocycles. The van der Waals surface area contributed by atoms with Crippen molar-refractivity contribution in [2.75, 3.05) is 0 Å². The van der Waals surface area contributed by atoms with E-state index in [-0.39, 0.29) is 47.9 Å². The van der Waals surface area contributed by atoms with Crippen LogP contribution in [-0.2, 0) is 36.7 Å². The Kier molecular flexibility index (Phi) is 14.2. The van der Waals surface area contributed by atoms with Crippen molar-refractivity contribution in [1.29, 1.82) is 0 Å². The van der Waals surface area contributed by atoms with Crippen LogP contribution >= 0.6 is 11.3 Å². The molecule has 0 saturated carbocycles. The molecule has 0 spiro atoms. The number of allylic oxidation sites excluding steroid dienone is 2. The predicted octanol–water partition coefficient (Wildman–Crippen LogP) is 14.8. The summed E-state index contributed by atoms with van der Waals surface area (Å²) in [6.07, 6.45) is 7.75. The van der Waals surface area contributed by atoms with Crippen molar-refractivity contribution >= 4 is 48.9 Å². The SMILES string of the molecule is CCC(C)(CC)C(=O)/C=C(\O)C(C)(CC)CC.Cc1c(-c2cc3cc(CC(C)C)ccc3s2)oc2c(-c3[c-]c4ccccc4c(C(C)(C)C)c3)nccc12.[Ir]. The standard InChI is InChI=1S/C34H32NOS.C15H28O2.Ir/c1-20(2)15-22-11-12-29-24(16-22)19-30(37-29)32-21(3)26-13-14-35-31(33(26)36-32)25-17-23-9-7-8-10-27(23)28(18-25)34(4,5)6;1-7-14(5,8-2)12(16)11-13(17)15(6,9-3)10-4;/h7-14,16,18-20H,15H2,1-6H3;11,16H,7-10H2,1-6H3;/q-1;;/b;12-11-;. The third-order valence-corrected chi connectivity index (χ3v) is 12.9. The van der Waals surface area contributed by atoms with Gasteiger partial charge in [0.25, 0.3) is 0 Å². The van der Waals surface area contributed by atoms with Crippen LogP contribution in [0.5, 0.6) is 0 Å². The van der Waals surface area contributed by atoms with E-state index >= 15 is 0 Å². The van der Waals surface area contributed by atoms with Gasteiger partial charge in [0.15, 0.2) is 5.78 Å². The number of aliphatic hydroxyl groups excluding tert-OH is 1. The van der Waals surface area contributed by atoms with Crippen molar-refractivity contribution in [3.8, 4) is 21.9 Å². The van der Waals surface area contributed by atoms with Crippen molar-refractivity contribution in [3.63, 3.8) is 0 Å². The summed E-state index contributed by atoms with van der Waals surface area (Å²) in [6, 6.07) is 25.6. The van der Waals surface area contributed by atoms with Gasteiger partial charge in [-0.3, -0.25) is 9.78 Å². The Morgan fingerprint density at radius 1 is 0.891 bits per heavy atom. The molecule has 0 atom stereocenters. The number of carbonyl (C=O) groups excluding carboxylic acids is 1. The first-order valence-corrected chi connectivity index (χ1v) is 20.6. The van der Waals surface area contributed by atoms with E-state index < -0.39 is 0 Å². The second-order valence-electron chi connectivity index (χ2n) is 17.0. The molecule has 0 unspecified atom stereocenters. The number of carbonyl (C=O) groups is 1. The van der Waals surface area contributed by atoms with E-state index in [0.29, 0.717) is 5.92 Å². The van der Waals surface area contributed by atoms with Gasteiger partial charge in [-0.05, 0) is 79.5 Å². The molecular formula is C49H60IrNO3S-. The molecular weight excluding hydrogens is 875 g/mol. The summed E-state index contributed by atoms with van der Waals surface area (Å²) in [6.45, 7) is 25.6. The molecule has 295 valence electrons. The van der Waals surface area contributed by atoms with Crippen LogP contribution in [0.1, 0.15) is 119 Å². The van der Waals surface area contributed by atoms with Gasteiger partial charge in [0.05, 0.1) is 4.88 Å². The van der Waals surface area contributed by atoms with E-state index in [2.05, 4.69) is 108 Å². The number of aliphatic hydroxyl groups is 1. The minimum Gasteiger partial charge on any atom is -0.512 e. The molecule has 0 saturated heterocycles. The van der Waals surface area contributed by atoms with Gasteiger partial charge in [0.2, 0.25) is 0 Å². The van der Waals surface area contributed by atoms with Gasteiger partial charge in [0, 0.05) is 64.6 Å². The molecule has 0 aliphatic carbocycles. The first-order valence-electron chi connectivity index (χ1n) is 19.8. The Morgan fingerprint density at radius 2 is 1.55 bits per heavy atom. The van der Waals surface area contributed by atoms with Crippen LogP contribution in [0.4, 0.5) is 0 Å². The fourth-order valence-electron chi connectivity index (χ4n) is 7.04. The van der Waals surface area contributed by atoms with Gasteiger partial charge in [-0.25, -0.2) is 0 Å². The van der Waals surface area contributed by atoms with Crippen LogP contribution in [0.25, 0.3) is 53.7 Å². The maximum absolute atomic E-state index is 12.2. The molecule has 0 aliphatic rings. The summed E-state index contributed by atoms with van der Waals surface area (Å²) in [5, 5.41) is 14.9. The molecule has 6 heteroatoms. The van der Waals surface area contributed by atoms with Crippen LogP contribution < -0.4 is 0 Å². The topological polar surface area (TPSA) is 63.3 Å². The van der Waals surface area contributed by atoms with E-state index in [4.69, 9.17) is 9.40 Å².